The predicted molar refractivity (Wildman–Crippen MR) is 81.2 cm³/mol. The van der Waals surface area contributed by atoms with E-state index in [0.29, 0.717) is 0 Å². The molecule has 1 atom stereocenters. The Morgan fingerprint density at radius 3 is 2.95 bits per heavy atom. The molecule has 2 aromatic heterocycles. The van der Waals surface area contributed by atoms with Crippen molar-refractivity contribution in [3.8, 4) is 12.3 Å². The Balaban J connectivity index is 2.31. The molecule has 0 aromatic carbocycles. The molecule has 2 aromatic rings. The molecule has 0 amide bonds. The van der Waals surface area contributed by atoms with Gasteiger partial charge in [-0.3, -0.25) is 4.79 Å². The van der Waals surface area contributed by atoms with Crippen LogP contribution in [0.4, 0.5) is 5.69 Å². The van der Waals surface area contributed by atoms with Crippen LogP contribution in [-0.4, -0.2) is 14.8 Å². The Morgan fingerprint density at radius 1 is 1.60 bits per heavy atom. The lowest BCUT2D eigenvalue weighted by Crippen LogP contribution is -2.26. The Hall–Kier alpha value is -1.84. The zero-order valence-electron chi connectivity index (χ0n) is 11.1. The third-order valence-electron chi connectivity index (χ3n) is 2.61. The average Bonchev–Trinajstić information content (AvgIpc) is 2.84. The molecule has 0 saturated heterocycles. The summed E-state index contributed by atoms with van der Waals surface area (Å²) in [5, 5.41) is 8.12. The number of hydrogen-bond donors (Lipinski definition) is 1. The first-order valence-corrected chi connectivity index (χ1v) is 7.10. The number of aryl methyl sites for hydroxylation is 1. The van der Waals surface area contributed by atoms with Gasteiger partial charge in [0.1, 0.15) is 17.2 Å². The number of hydrogen-bond acceptors (Lipinski definition) is 5. The number of terminal acetylenes is 1. The van der Waals surface area contributed by atoms with Crippen LogP contribution in [0, 0.1) is 19.3 Å². The van der Waals surface area contributed by atoms with Gasteiger partial charge in [0.2, 0.25) is 0 Å². The van der Waals surface area contributed by atoms with Crippen LogP contribution in [0.15, 0.2) is 17.2 Å². The fourth-order valence-electron chi connectivity index (χ4n) is 1.65. The van der Waals surface area contributed by atoms with Gasteiger partial charge in [0.15, 0.2) is 0 Å². The van der Waals surface area contributed by atoms with Crippen molar-refractivity contribution >= 4 is 28.6 Å². The highest BCUT2D eigenvalue weighted by molar-refractivity contribution is 7.11. The molecule has 0 aliphatic carbocycles. The zero-order chi connectivity index (χ0) is 14.7. The molecule has 104 valence electrons. The summed E-state index contributed by atoms with van der Waals surface area (Å²) in [4.78, 5) is 17.6. The molecule has 1 N–H and O–H groups in total. The summed E-state index contributed by atoms with van der Waals surface area (Å²) >= 11 is 7.60. The summed E-state index contributed by atoms with van der Waals surface area (Å²) in [6.07, 6.45) is 8.40. The molecule has 0 spiro atoms. The molecular weight excluding hydrogens is 296 g/mol. The molecule has 20 heavy (non-hydrogen) atoms. The van der Waals surface area contributed by atoms with E-state index in [2.05, 4.69) is 21.3 Å². The molecule has 0 radical (unpaired) electrons. The normalized spacial score (nSPS) is 11.9. The molecule has 0 fully saturated rings. The Kier molecular flexibility index (Phi) is 4.42. The van der Waals surface area contributed by atoms with Crippen LogP contribution >= 0.6 is 22.9 Å². The highest BCUT2D eigenvalue weighted by atomic mass is 35.5. The molecule has 1 unspecified atom stereocenters. The van der Waals surface area contributed by atoms with Crippen molar-refractivity contribution in [3.05, 3.63) is 37.7 Å². The van der Waals surface area contributed by atoms with Crippen molar-refractivity contribution in [1.82, 2.24) is 14.8 Å². The number of thiazole rings is 1. The van der Waals surface area contributed by atoms with Crippen molar-refractivity contribution < 1.29 is 0 Å². The van der Waals surface area contributed by atoms with E-state index < -0.39 is 0 Å². The van der Waals surface area contributed by atoms with E-state index in [-0.39, 0.29) is 28.9 Å². The van der Waals surface area contributed by atoms with Crippen LogP contribution in [0.3, 0.4) is 0 Å². The minimum Gasteiger partial charge on any atom is -0.370 e. The minimum absolute atomic E-state index is 0.107. The first-order valence-electron chi connectivity index (χ1n) is 5.91. The second-order valence-corrected chi connectivity index (χ2v) is 5.88. The summed E-state index contributed by atoms with van der Waals surface area (Å²) < 4.78 is 1.19. The largest absolute Gasteiger partial charge is 0.370 e. The third kappa shape index (κ3) is 3.00. The fourth-order valence-corrected chi connectivity index (χ4v) is 2.60. The second-order valence-electron chi connectivity index (χ2n) is 4.21. The van der Waals surface area contributed by atoms with Gasteiger partial charge in [0.25, 0.3) is 5.56 Å². The van der Waals surface area contributed by atoms with Crippen molar-refractivity contribution in [2.75, 3.05) is 5.32 Å². The van der Waals surface area contributed by atoms with Crippen molar-refractivity contribution in [2.24, 2.45) is 0 Å². The standard InChI is InChI=1S/C13H13ClN4OS/c1-4-5-18-13(19)11(10(14)7-16-18)17-9(3)12-15-6-8(2)20-12/h1,6-7,9,17H,5H2,2-3H3. The number of aromatic nitrogens is 3. The molecule has 0 bridgehead atoms. The monoisotopic (exact) mass is 308 g/mol. The first-order chi connectivity index (χ1) is 9.52. The van der Waals surface area contributed by atoms with Crippen LogP contribution < -0.4 is 10.9 Å². The van der Waals surface area contributed by atoms with Crippen molar-refractivity contribution in [1.29, 1.82) is 0 Å². The number of nitrogens with one attached hydrogen (secondary N) is 1. The van der Waals surface area contributed by atoms with Crippen molar-refractivity contribution in [3.63, 3.8) is 0 Å². The van der Waals surface area contributed by atoms with Gasteiger partial charge in [-0.25, -0.2) is 9.67 Å². The minimum atomic E-state index is -0.337. The van der Waals surface area contributed by atoms with E-state index >= 15 is 0 Å². The molecule has 2 rings (SSSR count). The van der Waals surface area contributed by atoms with E-state index in [1.54, 1.807) is 17.5 Å². The second kappa shape index (κ2) is 6.07. The summed E-state index contributed by atoms with van der Waals surface area (Å²) in [6.45, 7) is 4.00. The summed E-state index contributed by atoms with van der Waals surface area (Å²) in [5.41, 5.74) is -0.0483. The predicted octanol–water partition coefficient (Wildman–Crippen LogP) is 2.47. The topological polar surface area (TPSA) is 59.8 Å². The lowest BCUT2D eigenvalue weighted by atomic mass is 10.3. The van der Waals surface area contributed by atoms with Gasteiger partial charge < -0.3 is 5.32 Å². The highest BCUT2D eigenvalue weighted by Gasteiger charge is 2.15. The van der Waals surface area contributed by atoms with Crippen molar-refractivity contribution in [2.45, 2.75) is 26.4 Å². The lowest BCUT2D eigenvalue weighted by Gasteiger charge is -2.14. The summed E-state index contributed by atoms with van der Waals surface area (Å²) in [6, 6.07) is -0.124. The Morgan fingerprint density at radius 2 is 2.35 bits per heavy atom. The van der Waals surface area contributed by atoms with E-state index in [0.717, 1.165) is 9.88 Å². The van der Waals surface area contributed by atoms with Gasteiger partial charge in [-0.15, -0.1) is 17.8 Å². The van der Waals surface area contributed by atoms with E-state index in [1.165, 1.54) is 10.9 Å². The van der Waals surface area contributed by atoms with Gasteiger partial charge in [-0.1, -0.05) is 17.5 Å². The number of nitrogens with zero attached hydrogens (tertiary/aromatic N) is 3. The average molecular weight is 309 g/mol. The maximum Gasteiger partial charge on any atom is 0.292 e. The van der Waals surface area contributed by atoms with E-state index in [1.807, 2.05) is 13.8 Å². The third-order valence-corrected chi connectivity index (χ3v) is 3.99. The molecule has 7 heteroatoms. The first kappa shape index (κ1) is 14.6. The molecule has 0 aliphatic heterocycles. The molecular formula is C13H13ClN4OS. The van der Waals surface area contributed by atoms with E-state index in [9.17, 15) is 4.79 Å². The lowest BCUT2D eigenvalue weighted by molar-refractivity contribution is 0.662. The number of rotatable bonds is 4. The summed E-state index contributed by atoms with van der Waals surface area (Å²) in [7, 11) is 0. The van der Waals surface area contributed by atoms with Crippen LogP contribution in [0.1, 0.15) is 22.9 Å². The van der Waals surface area contributed by atoms with Gasteiger partial charge in [-0.05, 0) is 13.8 Å². The zero-order valence-corrected chi connectivity index (χ0v) is 12.6. The maximum absolute atomic E-state index is 12.2. The smallest absolute Gasteiger partial charge is 0.292 e. The van der Waals surface area contributed by atoms with Crippen LogP contribution in [0.25, 0.3) is 0 Å². The van der Waals surface area contributed by atoms with Gasteiger partial charge in [0.05, 0.1) is 17.3 Å². The molecule has 0 aliphatic rings. The number of halogens is 1. The van der Waals surface area contributed by atoms with Crippen LogP contribution in [-0.2, 0) is 6.54 Å². The van der Waals surface area contributed by atoms with Gasteiger partial charge >= 0.3 is 0 Å². The SMILES string of the molecule is C#CCn1ncc(Cl)c(NC(C)c2ncc(C)s2)c1=O. The van der Waals surface area contributed by atoms with Crippen LogP contribution in [0.5, 0.6) is 0 Å². The van der Waals surface area contributed by atoms with E-state index in [4.69, 9.17) is 18.0 Å². The van der Waals surface area contributed by atoms with Gasteiger partial charge in [-0.2, -0.15) is 5.10 Å². The molecule has 5 nitrogen and oxygen atoms in total. The fraction of sp³-hybridized carbons (Fsp3) is 0.308. The highest BCUT2D eigenvalue weighted by Crippen LogP contribution is 2.24. The molecule has 0 saturated carbocycles. The Labute approximate surface area is 125 Å². The Bertz CT molecular complexity index is 716. The van der Waals surface area contributed by atoms with Crippen LogP contribution in [0.2, 0.25) is 5.02 Å². The molecule has 2 heterocycles. The van der Waals surface area contributed by atoms with Gasteiger partial charge in [0, 0.05) is 11.1 Å². The maximum atomic E-state index is 12.2. The summed E-state index contributed by atoms with van der Waals surface area (Å²) in [5.74, 6) is 2.38. The number of anilines is 1. The quantitative estimate of drug-likeness (QED) is 0.882.